The number of carbonyl (C=O) groups is 2. The van der Waals surface area contributed by atoms with Crippen LogP contribution in [0.4, 0.5) is 4.79 Å². The molecule has 116 valence electrons. The van der Waals surface area contributed by atoms with Crippen LogP contribution in [0, 0.1) is 0 Å². The fourth-order valence-corrected chi connectivity index (χ4v) is 1.84. The molecule has 0 aliphatic carbocycles. The number of hydrogen-bond donors (Lipinski definition) is 2. The van der Waals surface area contributed by atoms with Crippen LogP contribution >= 0.6 is 11.6 Å². The molecule has 0 heterocycles. The van der Waals surface area contributed by atoms with Gasteiger partial charge in [0.05, 0.1) is 6.61 Å². The van der Waals surface area contributed by atoms with Gasteiger partial charge in [-0.2, -0.15) is 0 Å². The van der Waals surface area contributed by atoms with Crippen molar-refractivity contribution in [1.29, 1.82) is 0 Å². The maximum absolute atomic E-state index is 11.5. The number of carbonyl (C=O) groups excluding carboxylic acids is 1. The van der Waals surface area contributed by atoms with Gasteiger partial charge >= 0.3 is 12.1 Å². The molecular weight excluding hydrogens is 294 g/mol. The topological polar surface area (TPSA) is 75.6 Å². The summed E-state index contributed by atoms with van der Waals surface area (Å²) in [4.78, 5) is 22.6. The summed E-state index contributed by atoms with van der Waals surface area (Å²) >= 11 is 5.79. The second-order valence-electron chi connectivity index (χ2n) is 4.69. The number of nitrogens with one attached hydrogen (secondary N) is 1. The fourth-order valence-electron chi connectivity index (χ4n) is 1.71. The minimum atomic E-state index is -1.07. The van der Waals surface area contributed by atoms with E-state index in [9.17, 15) is 9.59 Å². The van der Waals surface area contributed by atoms with Crippen LogP contribution < -0.4 is 5.32 Å². The molecular formula is C15H20ClNO4. The van der Waals surface area contributed by atoms with E-state index < -0.39 is 18.1 Å². The predicted molar refractivity (Wildman–Crippen MR) is 80.6 cm³/mol. The third-order valence-electron chi connectivity index (χ3n) is 2.96. The van der Waals surface area contributed by atoms with Crippen molar-refractivity contribution in [2.24, 2.45) is 0 Å². The highest BCUT2D eigenvalue weighted by Crippen LogP contribution is 2.12. The number of ether oxygens (including phenoxy) is 1. The Hall–Kier alpha value is -1.75. The Labute approximate surface area is 129 Å². The first kappa shape index (κ1) is 17.3. The van der Waals surface area contributed by atoms with Gasteiger partial charge in [0.1, 0.15) is 6.04 Å². The zero-order valence-corrected chi connectivity index (χ0v) is 12.7. The minimum Gasteiger partial charge on any atom is -0.480 e. The molecule has 1 rings (SSSR count). The molecule has 0 saturated carbocycles. The number of carboxylic acids is 1. The normalized spacial score (nSPS) is 11.7. The average Bonchev–Trinajstić information content (AvgIpc) is 2.45. The predicted octanol–water partition coefficient (Wildman–Crippen LogP) is 3.25. The monoisotopic (exact) mass is 313 g/mol. The molecule has 1 unspecified atom stereocenters. The van der Waals surface area contributed by atoms with Crippen LogP contribution in [0.15, 0.2) is 24.3 Å². The van der Waals surface area contributed by atoms with Crippen molar-refractivity contribution < 1.29 is 19.4 Å². The maximum Gasteiger partial charge on any atom is 0.407 e. The van der Waals surface area contributed by atoms with E-state index in [0.29, 0.717) is 24.5 Å². The van der Waals surface area contributed by atoms with Crippen LogP contribution in [0.1, 0.15) is 31.7 Å². The van der Waals surface area contributed by atoms with E-state index in [2.05, 4.69) is 5.32 Å². The number of hydrogen-bond acceptors (Lipinski definition) is 3. The van der Waals surface area contributed by atoms with Crippen molar-refractivity contribution in [3.05, 3.63) is 34.9 Å². The zero-order chi connectivity index (χ0) is 15.7. The van der Waals surface area contributed by atoms with E-state index in [1.807, 2.05) is 19.1 Å². The molecule has 0 spiro atoms. The Balaban J connectivity index is 2.44. The molecule has 0 aliphatic rings. The zero-order valence-electron chi connectivity index (χ0n) is 12.0. The number of halogens is 1. The van der Waals surface area contributed by atoms with E-state index >= 15 is 0 Å². The van der Waals surface area contributed by atoms with Gasteiger partial charge in [-0.25, -0.2) is 9.59 Å². The van der Waals surface area contributed by atoms with E-state index in [-0.39, 0.29) is 0 Å². The highest BCUT2D eigenvalue weighted by atomic mass is 35.5. The Morgan fingerprint density at radius 2 is 2.00 bits per heavy atom. The SMILES string of the molecule is CCCCOC(=O)NC(CCc1ccc(Cl)cc1)C(=O)O. The van der Waals surface area contributed by atoms with Crippen LogP contribution in [-0.4, -0.2) is 29.8 Å². The quantitative estimate of drug-likeness (QED) is 0.722. The first-order chi connectivity index (χ1) is 10.0. The van der Waals surface area contributed by atoms with Crippen LogP contribution in [0.5, 0.6) is 0 Å². The van der Waals surface area contributed by atoms with Crippen molar-refractivity contribution in [2.75, 3.05) is 6.61 Å². The highest BCUT2D eigenvalue weighted by molar-refractivity contribution is 6.30. The molecule has 0 bridgehead atoms. The van der Waals surface area contributed by atoms with Gasteiger partial charge in [0.15, 0.2) is 0 Å². The van der Waals surface area contributed by atoms with Crippen LogP contribution in [0.3, 0.4) is 0 Å². The van der Waals surface area contributed by atoms with Crippen LogP contribution in [0.25, 0.3) is 0 Å². The van der Waals surface area contributed by atoms with Crippen molar-refractivity contribution in [2.45, 2.75) is 38.6 Å². The maximum atomic E-state index is 11.5. The first-order valence-corrected chi connectivity index (χ1v) is 7.31. The lowest BCUT2D eigenvalue weighted by atomic mass is 10.1. The third-order valence-corrected chi connectivity index (χ3v) is 3.21. The number of unbranched alkanes of at least 4 members (excludes halogenated alkanes) is 1. The van der Waals surface area contributed by atoms with Gasteiger partial charge in [-0.15, -0.1) is 0 Å². The van der Waals surface area contributed by atoms with E-state index in [0.717, 1.165) is 18.4 Å². The number of aliphatic carboxylic acids is 1. The summed E-state index contributed by atoms with van der Waals surface area (Å²) < 4.78 is 4.90. The van der Waals surface area contributed by atoms with E-state index in [4.69, 9.17) is 21.4 Å². The second-order valence-corrected chi connectivity index (χ2v) is 5.13. The summed E-state index contributed by atoms with van der Waals surface area (Å²) in [6, 6.07) is 6.20. The lowest BCUT2D eigenvalue weighted by Crippen LogP contribution is -2.41. The highest BCUT2D eigenvalue weighted by Gasteiger charge is 2.20. The summed E-state index contributed by atoms with van der Waals surface area (Å²) in [5.74, 6) is -1.07. The second kappa shape index (κ2) is 9.23. The van der Waals surface area contributed by atoms with Gasteiger partial charge in [-0.3, -0.25) is 0 Å². The van der Waals surface area contributed by atoms with Crippen molar-refractivity contribution >= 4 is 23.7 Å². The molecule has 6 heteroatoms. The molecule has 0 aliphatic heterocycles. The number of amides is 1. The number of rotatable bonds is 8. The van der Waals surface area contributed by atoms with E-state index in [1.54, 1.807) is 12.1 Å². The van der Waals surface area contributed by atoms with E-state index in [1.165, 1.54) is 0 Å². The summed E-state index contributed by atoms with van der Waals surface area (Å²) in [5, 5.41) is 12.1. The standard InChI is InChI=1S/C15H20ClNO4/c1-2-3-10-21-15(20)17-13(14(18)19)9-6-11-4-7-12(16)8-5-11/h4-5,7-8,13H,2-3,6,9-10H2,1H3,(H,17,20)(H,18,19). The first-order valence-electron chi connectivity index (χ1n) is 6.93. The number of carboxylic acid groups (broad SMARTS) is 1. The van der Waals surface area contributed by atoms with Crippen molar-refractivity contribution in [3.63, 3.8) is 0 Å². The molecule has 0 aromatic heterocycles. The Morgan fingerprint density at radius 3 is 2.57 bits per heavy atom. The van der Waals surface area contributed by atoms with Gasteiger partial charge in [0, 0.05) is 5.02 Å². The fraction of sp³-hybridized carbons (Fsp3) is 0.467. The van der Waals surface area contributed by atoms with Gasteiger partial charge in [0.25, 0.3) is 0 Å². The molecule has 0 radical (unpaired) electrons. The molecule has 1 amide bonds. The summed E-state index contributed by atoms with van der Waals surface area (Å²) in [5.41, 5.74) is 0.965. The summed E-state index contributed by atoms with van der Waals surface area (Å²) in [6.45, 7) is 2.28. The molecule has 0 saturated heterocycles. The molecule has 2 N–H and O–H groups in total. The lowest BCUT2D eigenvalue weighted by Gasteiger charge is -2.14. The molecule has 1 atom stereocenters. The smallest absolute Gasteiger partial charge is 0.407 e. The van der Waals surface area contributed by atoms with Crippen molar-refractivity contribution in [1.82, 2.24) is 5.32 Å². The largest absolute Gasteiger partial charge is 0.480 e. The van der Waals surface area contributed by atoms with Crippen molar-refractivity contribution in [3.8, 4) is 0 Å². The Bertz CT molecular complexity index is 461. The number of alkyl carbamates (subject to hydrolysis) is 1. The number of aryl methyl sites for hydroxylation is 1. The molecule has 1 aromatic rings. The van der Waals surface area contributed by atoms with Gasteiger partial charge in [-0.05, 0) is 37.0 Å². The molecule has 5 nitrogen and oxygen atoms in total. The molecule has 21 heavy (non-hydrogen) atoms. The summed E-state index contributed by atoms with van der Waals surface area (Å²) in [7, 11) is 0. The lowest BCUT2D eigenvalue weighted by molar-refractivity contribution is -0.139. The van der Waals surface area contributed by atoms with Crippen LogP contribution in [0.2, 0.25) is 5.02 Å². The number of benzene rings is 1. The van der Waals surface area contributed by atoms with Gasteiger partial charge in [0.2, 0.25) is 0 Å². The summed E-state index contributed by atoms with van der Waals surface area (Å²) in [6.07, 6.45) is 1.80. The Morgan fingerprint density at radius 1 is 1.33 bits per heavy atom. The van der Waals surface area contributed by atoms with Gasteiger partial charge in [-0.1, -0.05) is 37.1 Å². The minimum absolute atomic E-state index is 0.292. The average molecular weight is 314 g/mol. The van der Waals surface area contributed by atoms with Gasteiger partial charge < -0.3 is 15.2 Å². The Kier molecular flexibility index (Phi) is 7.61. The van der Waals surface area contributed by atoms with Crippen LogP contribution in [-0.2, 0) is 16.0 Å². The molecule has 0 fully saturated rings. The molecule has 1 aromatic carbocycles. The third kappa shape index (κ3) is 6.99.